The molecule has 1 rings (SSSR count). The second-order valence-electron chi connectivity index (χ2n) is 7.00. The number of rotatable bonds is 3. The van der Waals surface area contributed by atoms with Crippen LogP contribution in [0.4, 0.5) is 0 Å². The maximum atomic E-state index is 12.6. The second-order valence-corrected chi connectivity index (χ2v) is 7.00. The molecule has 1 saturated heterocycles. The average molecular weight is 268 g/mol. The third-order valence-electron chi connectivity index (χ3n) is 4.46. The molecule has 110 valence electrons. The summed E-state index contributed by atoms with van der Waals surface area (Å²) >= 11 is 0. The largest absolute Gasteiger partial charge is 0.342 e. The van der Waals surface area contributed by atoms with Gasteiger partial charge in [0.15, 0.2) is 0 Å². The predicted molar refractivity (Wildman–Crippen MR) is 76.7 cm³/mol. The van der Waals surface area contributed by atoms with Gasteiger partial charge < -0.3 is 10.2 Å². The Hall–Kier alpha value is -1.06. The molecule has 19 heavy (non-hydrogen) atoms. The van der Waals surface area contributed by atoms with Gasteiger partial charge in [-0.05, 0) is 24.7 Å². The van der Waals surface area contributed by atoms with Gasteiger partial charge >= 0.3 is 0 Å². The van der Waals surface area contributed by atoms with Crippen molar-refractivity contribution in [3.05, 3.63) is 0 Å². The summed E-state index contributed by atoms with van der Waals surface area (Å²) in [5.74, 6) is 0.423. The van der Waals surface area contributed by atoms with Gasteiger partial charge in [-0.3, -0.25) is 9.59 Å². The number of amides is 2. The van der Waals surface area contributed by atoms with Crippen LogP contribution in [0.5, 0.6) is 0 Å². The van der Waals surface area contributed by atoms with Crippen LogP contribution in [0.3, 0.4) is 0 Å². The standard InChI is InChI=1S/C15H28N2O2/c1-7-15(6)13(19)17(9-8-12(18)16-15)10-11(2)14(3,4)5/h11H,7-10H2,1-6H3,(H,16,18). The Morgan fingerprint density at radius 2 is 1.95 bits per heavy atom. The van der Waals surface area contributed by atoms with Gasteiger partial charge in [0.05, 0.1) is 0 Å². The molecule has 0 aliphatic carbocycles. The second kappa shape index (κ2) is 5.51. The minimum atomic E-state index is -0.745. The zero-order valence-corrected chi connectivity index (χ0v) is 13.2. The molecule has 2 atom stereocenters. The van der Waals surface area contributed by atoms with E-state index in [1.807, 2.05) is 18.7 Å². The predicted octanol–water partition coefficient (Wildman–Crippen LogP) is 2.19. The summed E-state index contributed by atoms with van der Waals surface area (Å²) in [6.45, 7) is 13.7. The van der Waals surface area contributed by atoms with Crippen molar-refractivity contribution in [1.29, 1.82) is 0 Å². The van der Waals surface area contributed by atoms with Gasteiger partial charge in [0.25, 0.3) is 0 Å². The first-order chi connectivity index (χ1) is 8.60. The molecular formula is C15H28N2O2. The van der Waals surface area contributed by atoms with Crippen LogP contribution in [0.1, 0.15) is 54.4 Å². The average Bonchev–Trinajstić information content (AvgIpc) is 2.40. The molecule has 0 saturated carbocycles. The Morgan fingerprint density at radius 3 is 2.42 bits per heavy atom. The van der Waals surface area contributed by atoms with Gasteiger partial charge in [-0.25, -0.2) is 0 Å². The number of carbonyl (C=O) groups excluding carboxylic acids is 2. The summed E-state index contributed by atoms with van der Waals surface area (Å²) in [5, 5.41) is 2.87. The van der Waals surface area contributed by atoms with E-state index in [0.29, 0.717) is 31.8 Å². The van der Waals surface area contributed by atoms with E-state index >= 15 is 0 Å². The van der Waals surface area contributed by atoms with E-state index in [4.69, 9.17) is 0 Å². The fraction of sp³-hybridized carbons (Fsp3) is 0.867. The minimum absolute atomic E-state index is 0.0244. The molecule has 0 aromatic heterocycles. The lowest BCUT2D eigenvalue weighted by Crippen LogP contribution is -2.55. The summed E-state index contributed by atoms with van der Waals surface area (Å²) in [6, 6.07) is 0. The molecule has 1 aliphatic rings. The number of carbonyl (C=O) groups is 2. The molecule has 0 spiro atoms. The molecular weight excluding hydrogens is 240 g/mol. The van der Waals surface area contributed by atoms with E-state index in [-0.39, 0.29) is 17.2 Å². The van der Waals surface area contributed by atoms with Crippen LogP contribution in [0, 0.1) is 11.3 Å². The van der Waals surface area contributed by atoms with Crippen LogP contribution in [0.25, 0.3) is 0 Å². The van der Waals surface area contributed by atoms with Gasteiger partial charge in [-0.15, -0.1) is 0 Å². The Bertz CT molecular complexity index is 360. The van der Waals surface area contributed by atoms with Crippen LogP contribution < -0.4 is 5.32 Å². The zero-order valence-electron chi connectivity index (χ0n) is 13.2. The van der Waals surface area contributed by atoms with Crippen molar-refractivity contribution in [3.8, 4) is 0 Å². The van der Waals surface area contributed by atoms with Crippen molar-refractivity contribution in [3.63, 3.8) is 0 Å². The fourth-order valence-corrected chi connectivity index (χ4v) is 2.13. The summed E-state index contributed by atoms with van der Waals surface area (Å²) in [6.07, 6.45) is 1.02. The Labute approximate surface area is 116 Å². The normalized spacial score (nSPS) is 26.9. The smallest absolute Gasteiger partial charge is 0.248 e. The van der Waals surface area contributed by atoms with Gasteiger partial charge in [0.2, 0.25) is 11.8 Å². The Kier molecular flexibility index (Phi) is 4.64. The highest BCUT2D eigenvalue weighted by Crippen LogP contribution is 2.27. The zero-order chi connectivity index (χ0) is 14.8. The number of nitrogens with zero attached hydrogens (tertiary/aromatic N) is 1. The third-order valence-corrected chi connectivity index (χ3v) is 4.46. The molecule has 1 heterocycles. The van der Waals surface area contributed by atoms with E-state index in [2.05, 4.69) is 33.0 Å². The SMILES string of the molecule is CCC1(C)NC(=O)CCN(CC(C)C(C)(C)C)C1=O. The molecule has 0 aromatic carbocycles. The molecule has 1 N–H and O–H groups in total. The highest BCUT2D eigenvalue weighted by atomic mass is 16.2. The maximum Gasteiger partial charge on any atom is 0.248 e. The van der Waals surface area contributed by atoms with E-state index in [0.717, 1.165) is 0 Å². The maximum absolute atomic E-state index is 12.6. The lowest BCUT2D eigenvalue weighted by Gasteiger charge is -2.36. The Balaban J connectivity index is 2.88. The number of nitrogens with one attached hydrogen (secondary N) is 1. The first kappa shape index (κ1) is 16.0. The summed E-state index contributed by atoms with van der Waals surface area (Å²) in [4.78, 5) is 26.2. The summed E-state index contributed by atoms with van der Waals surface area (Å²) < 4.78 is 0. The molecule has 0 aromatic rings. The van der Waals surface area contributed by atoms with Crippen molar-refractivity contribution >= 4 is 11.8 Å². The van der Waals surface area contributed by atoms with Gasteiger partial charge in [0.1, 0.15) is 5.54 Å². The van der Waals surface area contributed by atoms with Crippen LogP contribution in [0.2, 0.25) is 0 Å². The van der Waals surface area contributed by atoms with Crippen LogP contribution in [-0.2, 0) is 9.59 Å². The van der Waals surface area contributed by atoms with Crippen LogP contribution >= 0.6 is 0 Å². The van der Waals surface area contributed by atoms with Gasteiger partial charge in [-0.2, -0.15) is 0 Å². The first-order valence-corrected chi connectivity index (χ1v) is 7.20. The fourth-order valence-electron chi connectivity index (χ4n) is 2.13. The van der Waals surface area contributed by atoms with E-state index in [1.165, 1.54) is 0 Å². The van der Waals surface area contributed by atoms with Gasteiger partial charge in [0, 0.05) is 19.5 Å². The van der Waals surface area contributed by atoms with E-state index < -0.39 is 5.54 Å². The third kappa shape index (κ3) is 3.71. The van der Waals surface area contributed by atoms with E-state index in [1.54, 1.807) is 0 Å². The highest BCUT2D eigenvalue weighted by Gasteiger charge is 2.40. The quantitative estimate of drug-likeness (QED) is 0.853. The lowest BCUT2D eigenvalue weighted by molar-refractivity contribution is -0.139. The van der Waals surface area contributed by atoms with Crippen molar-refractivity contribution in [2.45, 2.75) is 59.9 Å². The van der Waals surface area contributed by atoms with Crippen LogP contribution in [0.15, 0.2) is 0 Å². The molecule has 0 bridgehead atoms. The number of hydrogen-bond acceptors (Lipinski definition) is 2. The molecule has 4 nitrogen and oxygen atoms in total. The number of hydrogen-bond donors (Lipinski definition) is 1. The van der Waals surface area contributed by atoms with Crippen molar-refractivity contribution in [2.24, 2.45) is 11.3 Å². The molecule has 2 amide bonds. The molecule has 1 aliphatic heterocycles. The lowest BCUT2D eigenvalue weighted by atomic mass is 9.81. The van der Waals surface area contributed by atoms with Crippen LogP contribution in [-0.4, -0.2) is 35.3 Å². The van der Waals surface area contributed by atoms with Crippen molar-refractivity contribution in [1.82, 2.24) is 10.2 Å². The van der Waals surface area contributed by atoms with E-state index in [9.17, 15) is 9.59 Å². The minimum Gasteiger partial charge on any atom is -0.342 e. The summed E-state index contributed by atoms with van der Waals surface area (Å²) in [7, 11) is 0. The molecule has 2 unspecified atom stereocenters. The Morgan fingerprint density at radius 1 is 1.37 bits per heavy atom. The topological polar surface area (TPSA) is 49.4 Å². The van der Waals surface area contributed by atoms with Crippen molar-refractivity contribution < 1.29 is 9.59 Å². The summed E-state index contributed by atoms with van der Waals surface area (Å²) in [5.41, 5.74) is -0.585. The molecule has 4 heteroatoms. The molecule has 0 radical (unpaired) electrons. The highest BCUT2D eigenvalue weighted by molar-refractivity contribution is 5.93. The van der Waals surface area contributed by atoms with Crippen molar-refractivity contribution in [2.75, 3.05) is 13.1 Å². The molecule has 1 fully saturated rings. The van der Waals surface area contributed by atoms with Gasteiger partial charge in [-0.1, -0.05) is 34.6 Å². The monoisotopic (exact) mass is 268 g/mol. The first-order valence-electron chi connectivity index (χ1n) is 7.20.